The van der Waals surface area contributed by atoms with Crippen LogP contribution in [0.15, 0.2) is 71.7 Å². The van der Waals surface area contributed by atoms with Crippen LogP contribution in [0.5, 0.6) is 0 Å². The molecule has 0 unspecified atom stereocenters. The van der Waals surface area contributed by atoms with E-state index in [4.69, 9.17) is 0 Å². The standard InChI is InChI=1S/C23H19FN2O3/c1-15-23(19-4-2-3-5-20(19)26(15)14-22(28)29)17-8-11-21(27)25(13-17)12-16-6-9-18(24)10-7-16/h2-11,13H,12,14H2,1H3,(H,28,29). The first-order valence-electron chi connectivity index (χ1n) is 9.19. The Morgan fingerprint density at radius 1 is 1.03 bits per heavy atom. The van der Waals surface area contributed by atoms with Crippen molar-refractivity contribution in [3.8, 4) is 11.1 Å². The smallest absolute Gasteiger partial charge is 0.323 e. The third-order valence-electron chi connectivity index (χ3n) is 5.06. The molecule has 0 aliphatic heterocycles. The number of hydrogen-bond acceptors (Lipinski definition) is 2. The van der Waals surface area contributed by atoms with E-state index >= 15 is 0 Å². The molecule has 0 spiro atoms. The molecule has 4 rings (SSSR count). The summed E-state index contributed by atoms with van der Waals surface area (Å²) in [6.07, 6.45) is 1.77. The van der Waals surface area contributed by atoms with Crippen LogP contribution >= 0.6 is 0 Å². The monoisotopic (exact) mass is 390 g/mol. The maximum Gasteiger partial charge on any atom is 0.323 e. The Labute approximate surface area is 166 Å². The number of rotatable bonds is 5. The summed E-state index contributed by atoms with van der Waals surface area (Å²) in [6, 6.07) is 16.9. The molecule has 2 aromatic carbocycles. The first-order chi connectivity index (χ1) is 13.9. The summed E-state index contributed by atoms with van der Waals surface area (Å²) in [6.45, 7) is 2.06. The van der Waals surface area contributed by atoms with E-state index in [-0.39, 0.29) is 17.9 Å². The zero-order chi connectivity index (χ0) is 20.5. The number of carboxylic acid groups (broad SMARTS) is 1. The summed E-state index contributed by atoms with van der Waals surface area (Å²) >= 11 is 0. The van der Waals surface area contributed by atoms with Crippen LogP contribution in [-0.2, 0) is 17.9 Å². The number of aliphatic carboxylic acids is 1. The van der Waals surface area contributed by atoms with Crippen LogP contribution in [-0.4, -0.2) is 20.2 Å². The van der Waals surface area contributed by atoms with Gasteiger partial charge in [0.2, 0.25) is 0 Å². The van der Waals surface area contributed by atoms with Gasteiger partial charge in [-0.25, -0.2) is 4.39 Å². The summed E-state index contributed by atoms with van der Waals surface area (Å²) in [5, 5.41) is 10.2. The van der Waals surface area contributed by atoms with Crippen molar-refractivity contribution in [3.63, 3.8) is 0 Å². The van der Waals surface area contributed by atoms with Gasteiger partial charge < -0.3 is 14.2 Å². The average molecular weight is 390 g/mol. The normalized spacial score (nSPS) is 11.1. The number of nitrogens with zero attached hydrogens (tertiary/aromatic N) is 2. The van der Waals surface area contributed by atoms with Gasteiger partial charge in [-0.1, -0.05) is 30.3 Å². The third-order valence-corrected chi connectivity index (χ3v) is 5.06. The number of para-hydroxylation sites is 1. The summed E-state index contributed by atoms with van der Waals surface area (Å²) in [4.78, 5) is 23.7. The molecule has 2 aromatic heterocycles. The quantitative estimate of drug-likeness (QED) is 0.559. The Hall–Kier alpha value is -3.67. The lowest BCUT2D eigenvalue weighted by Crippen LogP contribution is -2.19. The maximum atomic E-state index is 13.2. The van der Waals surface area contributed by atoms with Crippen molar-refractivity contribution < 1.29 is 14.3 Å². The second-order valence-electron chi connectivity index (χ2n) is 6.97. The summed E-state index contributed by atoms with van der Waals surface area (Å²) in [5.41, 5.74) is 4.03. The van der Waals surface area contributed by atoms with Gasteiger partial charge in [0, 0.05) is 40.0 Å². The van der Waals surface area contributed by atoms with E-state index in [0.717, 1.165) is 33.3 Å². The van der Waals surface area contributed by atoms with Gasteiger partial charge in [0.25, 0.3) is 5.56 Å². The highest BCUT2D eigenvalue weighted by atomic mass is 19.1. The molecule has 0 atom stereocenters. The number of hydrogen-bond donors (Lipinski definition) is 1. The van der Waals surface area contributed by atoms with Gasteiger partial charge in [0.05, 0.1) is 6.54 Å². The summed E-state index contributed by atoms with van der Waals surface area (Å²) in [7, 11) is 0. The van der Waals surface area contributed by atoms with Crippen LogP contribution in [0.2, 0.25) is 0 Å². The first-order valence-corrected chi connectivity index (χ1v) is 9.19. The fourth-order valence-electron chi connectivity index (χ4n) is 3.72. The Morgan fingerprint density at radius 3 is 2.48 bits per heavy atom. The Bertz CT molecular complexity index is 1270. The van der Waals surface area contributed by atoms with Crippen LogP contribution in [0.4, 0.5) is 4.39 Å². The van der Waals surface area contributed by atoms with Gasteiger partial charge >= 0.3 is 5.97 Å². The minimum Gasteiger partial charge on any atom is -0.480 e. The molecule has 4 aromatic rings. The predicted octanol–water partition coefficient (Wildman–Crippen LogP) is 4.05. The second kappa shape index (κ2) is 7.39. The Kier molecular flexibility index (Phi) is 4.76. The molecular formula is C23H19FN2O3. The number of benzene rings is 2. The molecule has 0 bridgehead atoms. The zero-order valence-electron chi connectivity index (χ0n) is 15.8. The molecule has 5 nitrogen and oxygen atoms in total. The molecule has 29 heavy (non-hydrogen) atoms. The van der Waals surface area contributed by atoms with Crippen molar-refractivity contribution in [3.05, 3.63) is 94.3 Å². The molecular weight excluding hydrogens is 371 g/mol. The van der Waals surface area contributed by atoms with Crippen molar-refractivity contribution in [2.75, 3.05) is 0 Å². The van der Waals surface area contributed by atoms with Gasteiger partial charge in [-0.3, -0.25) is 9.59 Å². The van der Waals surface area contributed by atoms with E-state index in [1.165, 1.54) is 18.2 Å². The minimum absolute atomic E-state index is 0.137. The summed E-state index contributed by atoms with van der Waals surface area (Å²) in [5.74, 6) is -1.24. The minimum atomic E-state index is -0.915. The molecule has 0 aliphatic rings. The average Bonchev–Trinajstić information content (AvgIpc) is 2.97. The summed E-state index contributed by atoms with van der Waals surface area (Å²) < 4.78 is 16.5. The number of pyridine rings is 1. The molecule has 6 heteroatoms. The van der Waals surface area contributed by atoms with Crippen LogP contribution in [0, 0.1) is 12.7 Å². The van der Waals surface area contributed by atoms with Crippen molar-refractivity contribution in [2.24, 2.45) is 0 Å². The SMILES string of the molecule is Cc1c(-c2ccc(=O)n(Cc3ccc(F)cc3)c2)c2ccccc2n1CC(=O)O. The van der Waals surface area contributed by atoms with Crippen LogP contribution in [0.1, 0.15) is 11.3 Å². The molecule has 0 radical (unpaired) electrons. The third kappa shape index (κ3) is 3.57. The van der Waals surface area contributed by atoms with E-state index in [0.29, 0.717) is 6.54 Å². The lowest BCUT2D eigenvalue weighted by atomic mass is 10.0. The highest BCUT2D eigenvalue weighted by molar-refractivity contribution is 5.98. The molecule has 0 saturated heterocycles. The number of carbonyl (C=O) groups is 1. The highest BCUT2D eigenvalue weighted by Crippen LogP contribution is 2.34. The predicted molar refractivity (Wildman–Crippen MR) is 110 cm³/mol. The molecule has 146 valence electrons. The van der Waals surface area contributed by atoms with Crippen molar-refractivity contribution in [1.82, 2.24) is 9.13 Å². The topological polar surface area (TPSA) is 64.2 Å². The molecule has 0 saturated carbocycles. The van der Waals surface area contributed by atoms with Crippen molar-refractivity contribution in [2.45, 2.75) is 20.0 Å². The highest BCUT2D eigenvalue weighted by Gasteiger charge is 2.17. The van der Waals surface area contributed by atoms with E-state index in [1.54, 1.807) is 33.5 Å². The molecule has 2 heterocycles. The lowest BCUT2D eigenvalue weighted by molar-refractivity contribution is -0.137. The molecule has 0 fully saturated rings. The number of halogens is 1. The fraction of sp³-hybridized carbons (Fsp3) is 0.130. The second-order valence-corrected chi connectivity index (χ2v) is 6.97. The van der Waals surface area contributed by atoms with E-state index in [1.807, 2.05) is 31.2 Å². The lowest BCUT2D eigenvalue weighted by Gasteiger charge is -2.10. The molecule has 0 amide bonds. The largest absolute Gasteiger partial charge is 0.480 e. The van der Waals surface area contributed by atoms with Crippen molar-refractivity contribution in [1.29, 1.82) is 0 Å². The van der Waals surface area contributed by atoms with Crippen LogP contribution in [0.3, 0.4) is 0 Å². The van der Waals surface area contributed by atoms with Gasteiger partial charge in [-0.2, -0.15) is 0 Å². The number of fused-ring (bicyclic) bond motifs is 1. The molecule has 0 aliphatic carbocycles. The molecule has 1 N–H and O–H groups in total. The van der Waals surface area contributed by atoms with E-state index < -0.39 is 5.97 Å². The van der Waals surface area contributed by atoms with E-state index in [9.17, 15) is 19.1 Å². The van der Waals surface area contributed by atoms with Crippen molar-refractivity contribution >= 4 is 16.9 Å². The Morgan fingerprint density at radius 2 is 1.76 bits per heavy atom. The van der Waals surface area contributed by atoms with E-state index in [2.05, 4.69) is 0 Å². The first kappa shape index (κ1) is 18.7. The van der Waals surface area contributed by atoms with Gasteiger partial charge in [-0.05, 0) is 36.8 Å². The van der Waals surface area contributed by atoms with Gasteiger partial charge in [-0.15, -0.1) is 0 Å². The fourth-order valence-corrected chi connectivity index (χ4v) is 3.72. The zero-order valence-corrected chi connectivity index (χ0v) is 15.8. The van der Waals surface area contributed by atoms with Crippen LogP contribution < -0.4 is 5.56 Å². The Balaban J connectivity index is 1.84. The number of carboxylic acids is 1. The number of aromatic nitrogens is 2. The van der Waals surface area contributed by atoms with Gasteiger partial charge in [0.15, 0.2) is 0 Å². The van der Waals surface area contributed by atoms with Crippen LogP contribution in [0.25, 0.3) is 22.0 Å². The van der Waals surface area contributed by atoms with Gasteiger partial charge in [0.1, 0.15) is 12.4 Å². The maximum absolute atomic E-state index is 13.2.